The van der Waals surface area contributed by atoms with E-state index in [9.17, 15) is 4.79 Å². The summed E-state index contributed by atoms with van der Waals surface area (Å²) in [6.45, 7) is 4.57. The Hall–Kier alpha value is -1.06. The average Bonchev–Trinajstić information content (AvgIpc) is 2.43. The molecule has 0 atom stereocenters. The second-order valence-electron chi connectivity index (χ2n) is 4.99. The summed E-state index contributed by atoms with van der Waals surface area (Å²) in [5, 5.41) is 2.18. The number of fused-ring (bicyclic) bond motifs is 1. The zero-order valence-electron chi connectivity index (χ0n) is 11.6. The van der Waals surface area contributed by atoms with Gasteiger partial charge in [0, 0.05) is 28.5 Å². The third kappa shape index (κ3) is 3.33. The lowest BCUT2D eigenvalue weighted by Crippen LogP contribution is -2.38. The fraction of sp³-hybridized carbons (Fsp3) is 0.312. The SMILES string of the molecule is CC(C)N(CCCl)C(=O)c1ccc2cc(Br)ccc2c1. The van der Waals surface area contributed by atoms with Crippen molar-refractivity contribution < 1.29 is 4.79 Å². The summed E-state index contributed by atoms with van der Waals surface area (Å²) in [6.07, 6.45) is 0. The van der Waals surface area contributed by atoms with Crippen LogP contribution >= 0.6 is 27.5 Å². The van der Waals surface area contributed by atoms with E-state index in [0.717, 1.165) is 15.2 Å². The minimum atomic E-state index is 0.0328. The average molecular weight is 355 g/mol. The van der Waals surface area contributed by atoms with E-state index in [4.69, 9.17) is 11.6 Å². The van der Waals surface area contributed by atoms with Gasteiger partial charge in [-0.1, -0.05) is 28.1 Å². The zero-order valence-corrected chi connectivity index (χ0v) is 13.9. The summed E-state index contributed by atoms with van der Waals surface area (Å²) in [5.41, 5.74) is 0.707. The molecule has 0 radical (unpaired) electrons. The Morgan fingerprint density at radius 2 is 1.85 bits per heavy atom. The lowest BCUT2D eigenvalue weighted by molar-refractivity contribution is 0.0718. The number of hydrogen-bond donors (Lipinski definition) is 0. The van der Waals surface area contributed by atoms with Crippen LogP contribution in [0.15, 0.2) is 40.9 Å². The first-order valence-electron chi connectivity index (χ1n) is 6.59. The van der Waals surface area contributed by atoms with E-state index in [1.807, 2.05) is 50.2 Å². The highest BCUT2D eigenvalue weighted by atomic mass is 79.9. The van der Waals surface area contributed by atoms with Crippen molar-refractivity contribution in [2.75, 3.05) is 12.4 Å². The van der Waals surface area contributed by atoms with Crippen molar-refractivity contribution in [2.24, 2.45) is 0 Å². The molecule has 0 heterocycles. The Morgan fingerprint density at radius 3 is 2.50 bits per heavy atom. The molecule has 0 aliphatic rings. The molecule has 106 valence electrons. The van der Waals surface area contributed by atoms with Crippen molar-refractivity contribution in [3.05, 3.63) is 46.4 Å². The molecule has 20 heavy (non-hydrogen) atoms. The predicted octanol–water partition coefficient (Wildman–Crippen LogP) is 4.69. The second-order valence-corrected chi connectivity index (χ2v) is 6.28. The number of alkyl halides is 1. The molecule has 0 saturated heterocycles. The number of carbonyl (C=O) groups excluding carboxylic acids is 1. The van der Waals surface area contributed by atoms with Gasteiger partial charge in [0.05, 0.1) is 0 Å². The van der Waals surface area contributed by atoms with E-state index in [-0.39, 0.29) is 11.9 Å². The molecular weight excluding hydrogens is 338 g/mol. The normalized spacial score (nSPS) is 11.1. The van der Waals surface area contributed by atoms with Gasteiger partial charge in [0.2, 0.25) is 0 Å². The highest BCUT2D eigenvalue weighted by Gasteiger charge is 2.18. The third-order valence-corrected chi connectivity index (χ3v) is 3.92. The number of hydrogen-bond acceptors (Lipinski definition) is 1. The van der Waals surface area contributed by atoms with Crippen molar-refractivity contribution >= 4 is 44.2 Å². The number of amides is 1. The van der Waals surface area contributed by atoms with Gasteiger partial charge < -0.3 is 4.90 Å². The summed E-state index contributed by atoms with van der Waals surface area (Å²) in [4.78, 5) is 14.3. The fourth-order valence-corrected chi connectivity index (χ4v) is 2.76. The maximum absolute atomic E-state index is 12.5. The first-order chi connectivity index (χ1) is 9.52. The van der Waals surface area contributed by atoms with Crippen molar-refractivity contribution in [3.63, 3.8) is 0 Å². The summed E-state index contributed by atoms with van der Waals surface area (Å²) in [6, 6.07) is 12.0. The first kappa shape index (κ1) is 15.3. The van der Waals surface area contributed by atoms with Crippen LogP contribution in [0.1, 0.15) is 24.2 Å². The third-order valence-electron chi connectivity index (χ3n) is 3.26. The quantitative estimate of drug-likeness (QED) is 0.729. The van der Waals surface area contributed by atoms with Crippen LogP contribution in [-0.4, -0.2) is 29.3 Å². The Morgan fingerprint density at radius 1 is 1.20 bits per heavy atom. The standard InChI is InChI=1S/C16H17BrClNO/c1-11(2)19(8-7-18)16(20)14-4-3-13-10-15(17)6-5-12(13)9-14/h3-6,9-11H,7-8H2,1-2H3. The molecule has 0 aliphatic heterocycles. The molecule has 4 heteroatoms. The largest absolute Gasteiger partial charge is 0.335 e. The molecule has 0 N–H and O–H groups in total. The van der Waals surface area contributed by atoms with Crippen molar-refractivity contribution in [1.29, 1.82) is 0 Å². The van der Waals surface area contributed by atoms with Crippen LogP contribution in [0.2, 0.25) is 0 Å². The molecule has 0 aromatic heterocycles. The van der Waals surface area contributed by atoms with E-state index in [0.29, 0.717) is 18.0 Å². The number of halogens is 2. The number of nitrogens with zero attached hydrogens (tertiary/aromatic N) is 1. The molecule has 2 rings (SSSR count). The van der Waals surface area contributed by atoms with Gasteiger partial charge in [-0.25, -0.2) is 0 Å². The molecule has 2 aromatic rings. The van der Waals surface area contributed by atoms with Crippen LogP contribution in [0.3, 0.4) is 0 Å². The first-order valence-corrected chi connectivity index (χ1v) is 7.92. The Kier molecular flexibility index (Phi) is 5.06. The van der Waals surface area contributed by atoms with E-state index in [2.05, 4.69) is 15.9 Å². The summed E-state index contributed by atoms with van der Waals surface area (Å²) in [5.74, 6) is 0.482. The summed E-state index contributed by atoms with van der Waals surface area (Å²) >= 11 is 9.24. The summed E-state index contributed by atoms with van der Waals surface area (Å²) < 4.78 is 1.04. The van der Waals surface area contributed by atoms with Gasteiger partial charge in [-0.2, -0.15) is 0 Å². The van der Waals surface area contributed by atoms with E-state index in [1.54, 1.807) is 4.90 Å². The molecule has 0 fully saturated rings. The van der Waals surface area contributed by atoms with Crippen molar-refractivity contribution in [2.45, 2.75) is 19.9 Å². The van der Waals surface area contributed by atoms with Gasteiger partial charge in [-0.05, 0) is 48.9 Å². The molecule has 2 nitrogen and oxygen atoms in total. The number of benzene rings is 2. The van der Waals surface area contributed by atoms with Crippen LogP contribution in [0.4, 0.5) is 0 Å². The van der Waals surface area contributed by atoms with Gasteiger partial charge in [-0.15, -0.1) is 11.6 Å². The molecule has 0 unspecified atom stereocenters. The van der Waals surface area contributed by atoms with E-state index in [1.165, 1.54) is 0 Å². The predicted molar refractivity (Wildman–Crippen MR) is 88.5 cm³/mol. The summed E-state index contributed by atoms with van der Waals surface area (Å²) in [7, 11) is 0. The van der Waals surface area contributed by atoms with Gasteiger partial charge in [0.25, 0.3) is 5.91 Å². The van der Waals surface area contributed by atoms with Crippen molar-refractivity contribution in [1.82, 2.24) is 4.90 Å². The lowest BCUT2D eigenvalue weighted by atomic mass is 10.1. The second kappa shape index (κ2) is 6.59. The molecule has 0 aliphatic carbocycles. The van der Waals surface area contributed by atoms with Gasteiger partial charge in [-0.3, -0.25) is 4.79 Å². The minimum absolute atomic E-state index is 0.0328. The lowest BCUT2D eigenvalue weighted by Gasteiger charge is -2.26. The monoisotopic (exact) mass is 353 g/mol. The van der Waals surface area contributed by atoms with Crippen LogP contribution in [-0.2, 0) is 0 Å². The molecule has 0 bridgehead atoms. The van der Waals surface area contributed by atoms with Gasteiger partial charge >= 0.3 is 0 Å². The highest BCUT2D eigenvalue weighted by molar-refractivity contribution is 9.10. The van der Waals surface area contributed by atoms with Crippen LogP contribution in [0, 0.1) is 0 Å². The zero-order chi connectivity index (χ0) is 14.7. The number of carbonyl (C=O) groups is 1. The Bertz CT molecular complexity index is 627. The fourth-order valence-electron chi connectivity index (χ4n) is 2.20. The van der Waals surface area contributed by atoms with Gasteiger partial charge in [0.15, 0.2) is 0 Å². The smallest absolute Gasteiger partial charge is 0.254 e. The molecule has 0 saturated carbocycles. The molecular formula is C16H17BrClNO. The highest BCUT2D eigenvalue weighted by Crippen LogP contribution is 2.22. The van der Waals surface area contributed by atoms with Crippen LogP contribution < -0.4 is 0 Å². The van der Waals surface area contributed by atoms with E-state index < -0.39 is 0 Å². The maximum atomic E-state index is 12.5. The topological polar surface area (TPSA) is 20.3 Å². The Labute approximate surface area is 132 Å². The van der Waals surface area contributed by atoms with Crippen molar-refractivity contribution in [3.8, 4) is 0 Å². The molecule has 0 spiro atoms. The maximum Gasteiger partial charge on any atom is 0.254 e. The molecule has 2 aromatic carbocycles. The molecule has 1 amide bonds. The van der Waals surface area contributed by atoms with E-state index >= 15 is 0 Å². The van der Waals surface area contributed by atoms with Crippen LogP contribution in [0.5, 0.6) is 0 Å². The van der Waals surface area contributed by atoms with Crippen LogP contribution in [0.25, 0.3) is 10.8 Å². The van der Waals surface area contributed by atoms with Gasteiger partial charge in [0.1, 0.15) is 0 Å². The Balaban J connectivity index is 2.36. The minimum Gasteiger partial charge on any atom is -0.335 e. The number of rotatable bonds is 4.